The van der Waals surface area contributed by atoms with Gasteiger partial charge in [0, 0.05) is 15.6 Å². The van der Waals surface area contributed by atoms with Crippen molar-refractivity contribution in [2.75, 3.05) is 7.11 Å². The predicted octanol–water partition coefficient (Wildman–Crippen LogP) is 3.80. The second kappa shape index (κ2) is 7.46. The summed E-state index contributed by atoms with van der Waals surface area (Å²) in [5, 5.41) is 4.35. The van der Waals surface area contributed by atoms with Crippen molar-refractivity contribution < 1.29 is 4.74 Å². The Morgan fingerprint density at radius 3 is 2.67 bits per heavy atom. The summed E-state index contributed by atoms with van der Waals surface area (Å²) < 4.78 is 8.23. The van der Waals surface area contributed by atoms with Gasteiger partial charge in [0.05, 0.1) is 11.6 Å². The average Bonchev–Trinajstić information content (AvgIpc) is 3.22. The Hall–Kier alpha value is -2.77. The number of halogens is 1. The molecule has 134 valence electrons. The van der Waals surface area contributed by atoms with E-state index in [1.54, 1.807) is 13.2 Å². The molecule has 0 amide bonds. The molecule has 0 saturated heterocycles. The zero-order chi connectivity index (χ0) is 18.8. The summed E-state index contributed by atoms with van der Waals surface area (Å²) in [5.41, 5.74) is 1.64. The number of hydrogen-bond acceptors (Lipinski definition) is 5. The highest BCUT2D eigenvalue weighted by Crippen LogP contribution is 2.20. The molecule has 2 aromatic heterocycles. The van der Waals surface area contributed by atoms with E-state index in [0.717, 1.165) is 21.3 Å². The Balaban J connectivity index is 1.67. The van der Waals surface area contributed by atoms with Gasteiger partial charge in [-0.2, -0.15) is 9.50 Å². The molecular formula is C20H14BrN3O2S. The van der Waals surface area contributed by atoms with Gasteiger partial charge >= 0.3 is 0 Å². The smallest absolute Gasteiger partial charge is 0.291 e. The molecule has 0 aliphatic carbocycles. The van der Waals surface area contributed by atoms with Crippen LogP contribution in [-0.2, 0) is 0 Å². The molecule has 2 aromatic carbocycles. The minimum atomic E-state index is -0.171. The van der Waals surface area contributed by atoms with Gasteiger partial charge in [0.15, 0.2) is 5.82 Å². The normalized spacial score (nSPS) is 12.3. The van der Waals surface area contributed by atoms with Crippen LogP contribution in [0.4, 0.5) is 0 Å². The Morgan fingerprint density at radius 1 is 1.15 bits per heavy atom. The lowest BCUT2D eigenvalue weighted by Gasteiger charge is -2.02. The number of nitrogens with zero attached hydrogens (tertiary/aromatic N) is 3. The van der Waals surface area contributed by atoms with E-state index in [0.29, 0.717) is 15.3 Å². The topological polar surface area (TPSA) is 56.5 Å². The maximum absolute atomic E-state index is 12.6. The van der Waals surface area contributed by atoms with Gasteiger partial charge in [0.25, 0.3) is 5.56 Å². The number of para-hydroxylation sites is 1. The van der Waals surface area contributed by atoms with Crippen LogP contribution in [0.3, 0.4) is 0 Å². The van der Waals surface area contributed by atoms with Crippen LogP contribution in [0.2, 0.25) is 0 Å². The first-order valence-electron chi connectivity index (χ1n) is 8.12. The van der Waals surface area contributed by atoms with Crippen LogP contribution >= 0.6 is 27.3 Å². The van der Waals surface area contributed by atoms with E-state index in [1.807, 2.05) is 60.7 Å². The Morgan fingerprint density at radius 2 is 1.93 bits per heavy atom. The van der Waals surface area contributed by atoms with Crippen molar-refractivity contribution in [1.82, 2.24) is 14.6 Å². The fourth-order valence-electron chi connectivity index (χ4n) is 2.61. The van der Waals surface area contributed by atoms with Crippen molar-refractivity contribution in [2.45, 2.75) is 0 Å². The second-order valence-corrected chi connectivity index (χ2v) is 7.60. The molecule has 0 fully saturated rings. The van der Waals surface area contributed by atoms with E-state index in [9.17, 15) is 4.79 Å². The maximum Gasteiger partial charge on any atom is 0.291 e. The summed E-state index contributed by atoms with van der Waals surface area (Å²) in [7, 11) is 1.63. The van der Waals surface area contributed by atoms with Gasteiger partial charge in [-0.1, -0.05) is 69.8 Å². The molecule has 0 atom stereocenters. The van der Waals surface area contributed by atoms with E-state index < -0.39 is 0 Å². The molecule has 0 spiro atoms. The Labute approximate surface area is 167 Å². The van der Waals surface area contributed by atoms with Crippen LogP contribution < -0.4 is 14.8 Å². The molecule has 2 heterocycles. The molecule has 0 aliphatic rings. The highest BCUT2D eigenvalue weighted by atomic mass is 79.9. The van der Waals surface area contributed by atoms with Crippen molar-refractivity contribution in [2.24, 2.45) is 0 Å². The quantitative estimate of drug-likeness (QED) is 0.485. The second-order valence-electron chi connectivity index (χ2n) is 5.68. The van der Waals surface area contributed by atoms with Gasteiger partial charge < -0.3 is 4.74 Å². The van der Waals surface area contributed by atoms with E-state index in [2.05, 4.69) is 26.0 Å². The van der Waals surface area contributed by atoms with E-state index in [4.69, 9.17) is 4.74 Å². The molecule has 0 radical (unpaired) electrons. The molecular weight excluding hydrogens is 426 g/mol. The Kier molecular flexibility index (Phi) is 4.87. The Bertz CT molecular complexity index is 1240. The number of methoxy groups -OCH3 is 1. The number of thiazole rings is 1. The van der Waals surface area contributed by atoms with Crippen LogP contribution in [0.1, 0.15) is 5.56 Å². The molecule has 4 rings (SSSR count). The molecule has 0 bridgehead atoms. The third-order valence-corrected chi connectivity index (χ3v) is 5.45. The van der Waals surface area contributed by atoms with Gasteiger partial charge in [0.2, 0.25) is 4.96 Å². The van der Waals surface area contributed by atoms with Crippen molar-refractivity contribution in [3.63, 3.8) is 0 Å². The fourth-order valence-corrected chi connectivity index (χ4v) is 3.74. The molecule has 7 heteroatoms. The molecule has 0 N–H and O–H groups in total. The molecule has 5 nitrogen and oxygen atoms in total. The van der Waals surface area contributed by atoms with Gasteiger partial charge in [-0.05, 0) is 24.3 Å². The first-order chi connectivity index (χ1) is 13.2. The number of hydrogen-bond donors (Lipinski definition) is 0. The number of allylic oxidation sites excluding steroid dienone is 1. The van der Waals surface area contributed by atoms with Crippen LogP contribution in [-0.4, -0.2) is 21.7 Å². The lowest BCUT2D eigenvalue weighted by atomic mass is 10.2. The first-order valence-corrected chi connectivity index (χ1v) is 9.73. The molecule has 27 heavy (non-hydrogen) atoms. The SMILES string of the molecule is COc1ccccc1/C=C/C=c1\sc2nc(-c3ccc(Br)cc3)nn2c1=O. The van der Waals surface area contributed by atoms with Gasteiger partial charge in [-0.25, -0.2) is 0 Å². The minimum absolute atomic E-state index is 0.171. The predicted molar refractivity (Wildman–Crippen MR) is 112 cm³/mol. The third kappa shape index (κ3) is 3.56. The van der Waals surface area contributed by atoms with Crippen LogP contribution in [0.25, 0.3) is 28.5 Å². The molecule has 0 aliphatic heterocycles. The lowest BCUT2D eigenvalue weighted by molar-refractivity contribution is 0.414. The van der Waals surface area contributed by atoms with Crippen molar-refractivity contribution in [3.05, 3.63) is 79.5 Å². The number of ether oxygens (including phenoxy) is 1. The maximum atomic E-state index is 12.6. The number of aromatic nitrogens is 3. The summed E-state index contributed by atoms with van der Waals surface area (Å²) >= 11 is 4.72. The number of benzene rings is 2. The molecule has 0 saturated carbocycles. The summed E-state index contributed by atoms with van der Waals surface area (Å²) in [6, 6.07) is 15.4. The standard InChI is InChI=1S/C20H14BrN3O2S/c1-26-16-7-3-2-5-13(16)6-4-8-17-19(25)24-20(27-17)22-18(23-24)14-9-11-15(21)12-10-14/h2-12H,1H3/b6-4+,17-8-. The number of rotatable bonds is 4. The average molecular weight is 440 g/mol. The largest absolute Gasteiger partial charge is 0.496 e. The van der Waals surface area contributed by atoms with Crippen LogP contribution in [0, 0.1) is 0 Å². The summed E-state index contributed by atoms with van der Waals surface area (Å²) in [6.07, 6.45) is 5.51. The van der Waals surface area contributed by atoms with E-state index in [1.165, 1.54) is 15.9 Å². The van der Waals surface area contributed by atoms with E-state index in [-0.39, 0.29) is 5.56 Å². The fraction of sp³-hybridized carbons (Fsp3) is 0.0500. The first kappa shape index (κ1) is 17.6. The monoisotopic (exact) mass is 439 g/mol. The minimum Gasteiger partial charge on any atom is -0.496 e. The van der Waals surface area contributed by atoms with Gasteiger partial charge in [-0.15, -0.1) is 5.10 Å². The van der Waals surface area contributed by atoms with Crippen LogP contribution in [0.5, 0.6) is 5.75 Å². The number of fused-ring (bicyclic) bond motifs is 1. The highest BCUT2D eigenvalue weighted by Gasteiger charge is 2.11. The molecule has 0 unspecified atom stereocenters. The van der Waals surface area contributed by atoms with Crippen molar-refractivity contribution >= 4 is 44.4 Å². The zero-order valence-corrected chi connectivity index (χ0v) is 16.7. The van der Waals surface area contributed by atoms with Gasteiger partial charge in [0.1, 0.15) is 5.75 Å². The molecule has 4 aromatic rings. The highest BCUT2D eigenvalue weighted by molar-refractivity contribution is 9.10. The van der Waals surface area contributed by atoms with Crippen molar-refractivity contribution in [1.29, 1.82) is 0 Å². The van der Waals surface area contributed by atoms with E-state index >= 15 is 0 Å². The third-order valence-electron chi connectivity index (χ3n) is 3.95. The summed E-state index contributed by atoms with van der Waals surface area (Å²) in [4.78, 5) is 17.6. The van der Waals surface area contributed by atoms with Gasteiger partial charge in [-0.3, -0.25) is 4.79 Å². The summed E-state index contributed by atoms with van der Waals surface area (Å²) in [5.74, 6) is 1.33. The summed E-state index contributed by atoms with van der Waals surface area (Å²) in [6.45, 7) is 0. The van der Waals surface area contributed by atoms with Crippen molar-refractivity contribution in [3.8, 4) is 17.1 Å². The lowest BCUT2D eigenvalue weighted by Crippen LogP contribution is -2.23. The van der Waals surface area contributed by atoms with Crippen LogP contribution in [0.15, 0.2) is 63.9 Å². The zero-order valence-electron chi connectivity index (χ0n) is 14.3.